The van der Waals surface area contributed by atoms with Crippen LogP contribution in [0, 0.1) is 11.8 Å². The molecule has 246 valence electrons. The molecule has 1 heterocycles. The summed E-state index contributed by atoms with van der Waals surface area (Å²) in [5.74, 6) is -10.7. The number of carbonyl (C=O) groups is 4. The zero-order valence-corrected chi connectivity index (χ0v) is 25.7. The molecule has 1 saturated carbocycles. The average Bonchev–Trinajstić information content (AvgIpc) is 3.42. The molecule has 3 aliphatic rings. The van der Waals surface area contributed by atoms with Gasteiger partial charge in [-0.25, -0.2) is 0 Å². The molecule has 0 saturated heterocycles. The number of Topliss-reactive ketones (excluding diaryl/α,β-unsaturated/α-hetero) is 2. The van der Waals surface area contributed by atoms with Gasteiger partial charge in [0.25, 0.3) is 5.91 Å². The molecule has 1 aromatic heterocycles. The quantitative estimate of drug-likeness (QED) is 0.132. The van der Waals surface area contributed by atoms with Crippen molar-refractivity contribution in [2.45, 2.75) is 43.1 Å². The van der Waals surface area contributed by atoms with Crippen molar-refractivity contribution in [1.29, 1.82) is 0 Å². The third-order valence-corrected chi connectivity index (χ3v) is 9.84. The fourth-order valence-electron chi connectivity index (χ4n) is 7.57. The third kappa shape index (κ3) is 4.47. The number of para-hydroxylation sites is 1. The van der Waals surface area contributed by atoms with Crippen molar-refractivity contribution < 1.29 is 44.7 Å². The minimum atomic E-state index is -3.03. The number of nitrogens with one attached hydrogen (secondary N) is 2. The van der Waals surface area contributed by atoms with E-state index >= 15 is 0 Å². The van der Waals surface area contributed by atoms with Gasteiger partial charge in [0.2, 0.25) is 11.7 Å². The highest BCUT2D eigenvalue weighted by atomic mass is 16.4. The van der Waals surface area contributed by atoms with Gasteiger partial charge in [-0.1, -0.05) is 31.2 Å². The number of ketones is 2. The Labute approximate surface area is 268 Å². The molecule has 7 atom stereocenters. The van der Waals surface area contributed by atoms with E-state index in [4.69, 9.17) is 11.5 Å². The van der Waals surface area contributed by atoms with E-state index in [2.05, 4.69) is 10.3 Å². The number of hydrogen-bond acceptors (Lipinski definition) is 11. The molecule has 2 aromatic carbocycles. The van der Waals surface area contributed by atoms with Crippen LogP contribution in [-0.2, 0) is 25.6 Å². The largest absolute Gasteiger partial charge is 0.508 e. The van der Waals surface area contributed by atoms with E-state index in [1.807, 2.05) is 24.3 Å². The van der Waals surface area contributed by atoms with Crippen molar-refractivity contribution in [2.24, 2.45) is 23.3 Å². The first-order valence-electron chi connectivity index (χ1n) is 14.9. The first-order valence-corrected chi connectivity index (χ1v) is 14.9. The molecule has 0 spiro atoms. The molecule has 3 aromatic rings. The number of nitrogens with two attached hydrogens (primary N) is 2. The van der Waals surface area contributed by atoms with Crippen LogP contribution in [0.25, 0.3) is 16.7 Å². The first-order chi connectivity index (χ1) is 22.1. The van der Waals surface area contributed by atoms with Crippen LogP contribution in [-0.4, -0.2) is 96.7 Å². The number of primary amides is 1. The number of rotatable bonds is 6. The van der Waals surface area contributed by atoms with Crippen molar-refractivity contribution in [2.75, 3.05) is 19.4 Å². The van der Waals surface area contributed by atoms with Gasteiger partial charge < -0.3 is 47.3 Å². The standard InChI is InChI=1S/C33H35N5O9/c1-12-14-8-9-18(37-32(46)16(34)10-13-11-36-17-7-5-4-6-15(13)17)25(39)20(14)26(40)21-19(12)27(41)23-24(38(2)3)28(42)22(31(35)45)30(44)33(23,47)29(21)43/h4-9,11-12,16,19,23-24,27,36,39-41,44,47H,10,34H2,1-3H3,(H2,35,45)(H,37,46)/t12-,16-,19?,23+,24-,27-,33-/m0/s1. The number of aromatic nitrogens is 1. The summed E-state index contributed by atoms with van der Waals surface area (Å²) in [6, 6.07) is 7.93. The third-order valence-electron chi connectivity index (χ3n) is 9.84. The van der Waals surface area contributed by atoms with Gasteiger partial charge in [-0.15, -0.1) is 0 Å². The lowest BCUT2D eigenvalue weighted by Crippen LogP contribution is -2.70. The van der Waals surface area contributed by atoms with Crippen molar-refractivity contribution in [3.63, 3.8) is 0 Å². The van der Waals surface area contributed by atoms with E-state index in [0.29, 0.717) is 5.56 Å². The molecular weight excluding hydrogens is 610 g/mol. The fourth-order valence-corrected chi connectivity index (χ4v) is 7.57. The number of aromatic amines is 1. The minimum absolute atomic E-state index is 0.129. The molecule has 14 heteroatoms. The Hall–Kier alpha value is -5.02. The van der Waals surface area contributed by atoms with Crippen LogP contribution in [0.3, 0.4) is 0 Å². The SMILES string of the molecule is C[C@H]1c2ccc(NC(=O)[C@@H](N)Cc3c[nH]c4ccccc34)c(O)c2C(O)=C2C(=O)[C@]3(O)C(O)=C(C(N)=O)C(=O)[C@@H](N(C)C)[C@@H]3[C@@H](O)C21. The van der Waals surface area contributed by atoms with Crippen LogP contribution in [0.1, 0.15) is 29.5 Å². The van der Waals surface area contributed by atoms with Crippen molar-refractivity contribution in [3.8, 4) is 5.75 Å². The number of likely N-dealkylation sites (N-methyl/N-ethyl adjacent to an activating group) is 1. The summed E-state index contributed by atoms with van der Waals surface area (Å²) in [6.07, 6.45) is 0.213. The van der Waals surface area contributed by atoms with Gasteiger partial charge in [-0.3, -0.25) is 24.1 Å². The molecule has 2 amide bonds. The number of phenols is 1. The minimum Gasteiger partial charge on any atom is -0.508 e. The summed E-state index contributed by atoms with van der Waals surface area (Å²) in [6.45, 7) is 1.62. The summed E-state index contributed by atoms with van der Waals surface area (Å²) >= 11 is 0. The highest BCUT2D eigenvalue weighted by Gasteiger charge is 2.68. The van der Waals surface area contributed by atoms with Gasteiger partial charge in [0.05, 0.1) is 35.4 Å². The second kappa shape index (κ2) is 11.1. The molecule has 1 unspecified atom stereocenters. The Kier molecular flexibility index (Phi) is 7.51. The molecular formula is C33H35N5O9. The lowest BCUT2D eigenvalue weighted by Gasteiger charge is -2.53. The Morgan fingerprint density at radius 2 is 1.79 bits per heavy atom. The summed E-state index contributed by atoms with van der Waals surface area (Å²) in [5.41, 5.74) is 8.62. The zero-order valence-electron chi connectivity index (χ0n) is 25.7. The number of nitrogens with zero attached hydrogens (tertiary/aromatic N) is 1. The van der Waals surface area contributed by atoms with E-state index < -0.39 is 93.3 Å². The summed E-state index contributed by atoms with van der Waals surface area (Å²) in [4.78, 5) is 57.2. The molecule has 0 bridgehead atoms. The molecule has 1 fully saturated rings. The maximum Gasteiger partial charge on any atom is 0.255 e. The topological polar surface area (TPSA) is 253 Å². The lowest BCUT2D eigenvalue weighted by atomic mass is 9.54. The number of H-pyrrole nitrogens is 1. The van der Waals surface area contributed by atoms with E-state index in [-0.39, 0.29) is 17.7 Å². The Balaban J connectivity index is 1.39. The van der Waals surface area contributed by atoms with Gasteiger partial charge >= 0.3 is 0 Å². The Morgan fingerprint density at radius 3 is 2.45 bits per heavy atom. The Bertz CT molecular complexity index is 1940. The van der Waals surface area contributed by atoms with Gasteiger partial charge in [0.15, 0.2) is 11.4 Å². The highest BCUT2D eigenvalue weighted by Crippen LogP contribution is 2.56. The number of aliphatic hydroxyl groups excluding tert-OH is 3. The predicted octanol–water partition coefficient (Wildman–Crippen LogP) is 0.486. The summed E-state index contributed by atoms with van der Waals surface area (Å²) in [7, 11) is 2.87. The van der Waals surface area contributed by atoms with Crippen LogP contribution in [0.4, 0.5) is 5.69 Å². The lowest BCUT2D eigenvalue weighted by molar-refractivity contribution is -0.169. The second-order valence-corrected chi connectivity index (χ2v) is 12.6. The molecule has 0 radical (unpaired) electrons. The number of fused-ring (bicyclic) bond motifs is 4. The molecule has 6 rings (SSSR count). The smallest absolute Gasteiger partial charge is 0.255 e. The first kappa shape index (κ1) is 31.9. The number of aromatic hydroxyl groups is 1. The summed E-state index contributed by atoms with van der Waals surface area (Å²) < 4.78 is 0. The van der Waals surface area contributed by atoms with E-state index in [0.717, 1.165) is 16.5 Å². The van der Waals surface area contributed by atoms with Gasteiger partial charge in [-0.2, -0.15) is 0 Å². The van der Waals surface area contributed by atoms with Crippen molar-refractivity contribution in [1.82, 2.24) is 9.88 Å². The number of hydrogen-bond donors (Lipinski definition) is 9. The monoisotopic (exact) mass is 645 g/mol. The maximum absolute atomic E-state index is 14.2. The molecule has 47 heavy (non-hydrogen) atoms. The van der Waals surface area contributed by atoms with Crippen LogP contribution < -0.4 is 16.8 Å². The highest BCUT2D eigenvalue weighted by molar-refractivity contribution is 6.24. The molecule has 3 aliphatic carbocycles. The molecule has 0 aliphatic heterocycles. The molecule has 14 nitrogen and oxygen atoms in total. The van der Waals surface area contributed by atoms with E-state index in [9.17, 15) is 44.7 Å². The van der Waals surface area contributed by atoms with Crippen LogP contribution in [0.2, 0.25) is 0 Å². The van der Waals surface area contributed by atoms with Crippen LogP contribution in [0.15, 0.2) is 59.5 Å². The van der Waals surface area contributed by atoms with Crippen LogP contribution in [0.5, 0.6) is 5.75 Å². The average molecular weight is 646 g/mol. The number of carbonyl (C=O) groups excluding carboxylic acids is 4. The number of phenolic OH excluding ortho intramolecular Hbond substituents is 1. The number of anilines is 1. The Morgan fingerprint density at radius 1 is 1.11 bits per heavy atom. The van der Waals surface area contributed by atoms with Gasteiger partial charge in [0, 0.05) is 28.6 Å². The van der Waals surface area contributed by atoms with Gasteiger partial charge in [0.1, 0.15) is 22.8 Å². The maximum atomic E-state index is 14.2. The van der Waals surface area contributed by atoms with E-state index in [1.165, 1.54) is 31.1 Å². The van der Waals surface area contributed by atoms with Crippen LogP contribution >= 0.6 is 0 Å². The second-order valence-electron chi connectivity index (χ2n) is 12.6. The number of benzene rings is 2. The fraction of sp³-hybridized carbons (Fsp3) is 0.333. The van der Waals surface area contributed by atoms with Crippen molar-refractivity contribution >= 4 is 45.7 Å². The summed E-state index contributed by atoms with van der Waals surface area (Å²) in [5, 5.41) is 61.0. The number of aliphatic hydroxyl groups is 4. The normalized spacial score (nSPS) is 27.9. The molecule has 11 N–H and O–H groups in total. The van der Waals surface area contributed by atoms with Gasteiger partial charge in [-0.05, 0) is 49.7 Å². The number of amides is 2. The van der Waals surface area contributed by atoms with E-state index in [1.54, 1.807) is 13.1 Å². The predicted molar refractivity (Wildman–Crippen MR) is 169 cm³/mol. The zero-order chi connectivity index (χ0) is 34.3. The van der Waals surface area contributed by atoms with Crippen molar-refractivity contribution in [3.05, 3.63) is 76.2 Å².